The van der Waals surface area contributed by atoms with Crippen LogP contribution in [0.1, 0.15) is 31.1 Å². The van der Waals surface area contributed by atoms with Crippen LogP contribution in [-0.2, 0) is 0 Å². The summed E-state index contributed by atoms with van der Waals surface area (Å²) in [4.78, 5) is 0. The topological polar surface area (TPSA) is 41.4 Å². The normalized spacial score (nSPS) is 11.0. The Labute approximate surface area is 130 Å². The van der Waals surface area contributed by atoms with Crippen LogP contribution in [-0.4, -0.2) is 15.9 Å². The summed E-state index contributed by atoms with van der Waals surface area (Å²) in [5, 5.41) is 7.69. The number of hydrogen-bond acceptors (Lipinski definition) is 2. The van der Waals surface area contributed by atoms with E-state index in [-0.39, 0.29) is 0 Å². The Balaban J connectivity index is 1.90. The van der Waals surface area contributed by atoms with Gasteiger partial charge in [0.2, 0.25) is 0 Å². The van der Waals surface area contributed by atoms with Gasteiger partial charge in [0, 0.05) is 29.2 Å². The summed E-state index contributed by atoms with van der Waals surface area (Å²) < 4.78 is 2.21. The van der Waals surface area contributed by atoms with Crippen molar-refractivity contribution in [3.05, 3.63) is 53.9 Å². The van der Waals surface area contributed by atoms with Crippen molar-refractivity contribution in [3.8, 4) is 0 Å². The van der Waals surface area contributed by atoms with Gasteiger partial charge in [-0.25, -0.2) is 0 Å². The molecule has 0 saturated heterocycles. The predicted octanol–water partition coefficient (Wildman–Crippen LogP) is 3.70. The molecule has 0 aliphatic carbocycles. The van der Waals surface area contributed by atoms with Gasteiger partial charge in [-0.1, -0.05) is 18.2 Å². The first-order chi connectivity index (χ1) is 10.1. The Hall–Kier alpha value is -2.14. The minimum Gasteiger partial charge on any atom is -0.349 e. The van der Waals surface area contributed by atoms with Crippen LogP contribution in [0.15, 0.2) is 47.7 Å². The summed E-state index contributed by atoms with van der Waals surface area (Å²) in [5.41, 5.74) is 6.03. The lowest BCUT2D eigenvalue weighted by Gasteiger charge is -2.08. The number of rotatable bonds is 4. The summed E-state index contributed by atoms with van der Waals surface area (Å²) in [6.45, 7) is 6.41. The van der Waals surface area contributed by atoms with E-state index in [1.807, 2.05) is 30.3 Å². The third-order valence-electron chi connectivity index (χ3n) is 3.04. The van der Waals surface area contributed by atoms with Gasteiger partial charge in [0.05, 0.1) is 6.21 Å². The minimum absolute atomic E-state index is 0.445. The third kappa shape index (κ3) is 4.43. The number of hydrazone groups is 1. The maximum atomic E-state index is 5.18. The van der Waals surface area contributed by atoms with E-state index in [2.05, 4.69) is 53.4 Å². The van der Waals surface area contributed by atoms with Gasteiger partial charge in [-0.2, -0.15) is 5.10 Å². The summed E-state index contributed by atoms with van der Waals surface area (Å²) in [5.74, 6) is 0. The molecule has 4 nitrogen and oxygen atoms in total. The van der Waals surface area contributed by atoms with Gasteiger partial charge >= 0.3 is 0 Å². The van der Waals surface area contributed by atoms with Crippen molar-refractivity contribution in [1.29, 1.82) is 0 Å². The fraction of sp³-hybridized carbons (Fsp3) is 0.250. The van der Waals surface area contributed by atoms with E-state index in [9.17, 15) is 0 Å². The quantitative estimate of drug-likeness (QED) is 0.514. The molecule has 5 heteroatoms. The molecule has 0 bridgehead atoms. The van der Waals surface area contributed by atoms with Crippen molar-refractivity contribution >= 4 is 29.2 Å². The largest absolute Gasteiger partial charge is 0.349 e. The number of aryl methyl sites for hydroxylation is 1. The second-order valence-electron chi connectivity index (χ2n) is 5.11. The highest BCUT2D eigenvalue weighted by molar-refractivity contribution is 7.80. The molecule has 110 valence electrons. The van der Waals surface area contributed by atoms with Crippen molar-refractivity contribution in [3.63, 3.8) is 0 Å². The van der Waals surface area contributed by atoms with Gasteiger partial charge in [-0.3, -0.25) is 5.43 Å². The first-order valence-corrected chi connectivity index (χ1v) is 7.30. The first-order valence-electron chi connectivity index (χ1n) is 6.90. The van der Waals surface area contributed by atoms with E-state index in [0.29, 0.717) is 11.2 Å². The zero-order valence-electron chi connectivity index (χ0n) is 12.5. The summed E-state index contributed by atoms with van der Waals surface area (Å²) in [7, 11) is 0. The number of anilines is 1. The standard InChI is InChI=1S/C16H20N4S/c1-12(2)20-11-14(9-13(20)3)10-17-19-16(21)18-15-7-5-4-6-8-15/h4-12H,1-3H3,(H2,18,19,21)/b17-10+. The molecular formula is C16H20N4S. The number of thiocarbonyl (C=S) groups is 1. The van der Waals surface area contributed by atoms with E-state index < -0.39 is 0 Å². The first kappa shape index (κ1) is 15.3. The molecule has 0 amide bonds. The molecule has 1 heterocycles. The van der Waals surface area contributed by atoms with E-state index in [4.69, 9.17) is 12.2 Å². The van der Waals surface area contributed by atoms with Crippen LogP contribution in [0, 0.1) is 6.92 Å². The predicted molar refractivity (Wildman–Crippen MR) is 92.9 cm³/mol. The van der Waals surface area contributed by atoms with Gasteiger partial charge in [0.1, 0.15) is 0 Å². The molecule has 0 spiro atoms. The molecule has 21 heavy (non-hydrogen) atoms. The molecule has 0 unspecified atom stereocenters. The van der Waals surface area contributed by atoms with Crippen molar-refractivity contribution in [2.45, 2.75) is 26.8 Å². The van der Waals surface area contributed by atoms with Crippen molar-refractivity contribution in [1.82, 2.24) is 9.99 Å². The van der Waals surface area contributed by atoms with Crippen LogP contribution < -0.4 is 10.7 Å². The Kier molecular flexibility index (Phi) is 5.11. The fourth-order valence-electron chi connectivity index (χ4n) is 2.09. The van der Waals surface area contributed by atoms with Crippen molar-refractivity contribution in [2.24, 2.45) is 5.10 Å². The van der Waals surface area contributed by atoms with E-state index in [0.717, 1.165) is 11.3 Å². The zero-order valence-corrected chi connectivity index (χ0v) is 13.3. The van der Waals surface area contributed by atoms with Crippen LogP contribution in [0.4, 0.5) is 5.69 Å². The molecule has 2 rings (SSSR count). The van der Waals surface area contributed by atoms with Crippen LogP contribution in [0.25, 0.3) is 0 Å². The average molecular weight is 300 g/mol. The second-order valence-corrected chi connectivity index (χ2v) is 5.51. The van der Waals surface area contributed by atoms with E-state index >= 15 is 0 Å². The van der Waals surface area contributed by atoms with E-state index in [1.165, 1.54) is 5.69 Å². The number of aromatic nitrogens is 1. The smallest absolute Gasteiger partial charge is 0.191 e. The maximum absolute atomic E-state index is 5.18. The van der Waals surface area contributed by atoms with Gasteiger partial charge < -0.3 is 9.88 Å². The number of nitrogens with one attached hydrogen (secondary N) is 2. The summed E-state index contributed by atoms with van der Waals surface area (Å²) in [6.07, 6.45) is 3.85. The Morgan fingerprint density at radius 2 is 2.00 bits per heavy atom. The average Bonchev–Trinajstić information content (AvgIpc) is 2.81. The molecule has 2 aromatic rings. The highest BCUT2D eigenvalue weighted by Crippen LogP contribution is 2.12. The van der Waals surface area contributed by atoms with Crippen LogP contribution in [0.5, 0.6) is 0 Å². The summed E-state index contributed by atoms with van der Waals surface area (Å²) >= 11 is 5.18. The Morgan fingerprint density at radius 3 is 2.62 bits per heavy atom. The Bertz CT molecular complexity index is 629. The fourth-order valence-corrected chi connectivity index (χ4v) is 2.26. The van der Waals surface area contributed by atoms with Crippen molar-refractivity contribution in [2.75, 3.05) is 5.32 Å². The van der Waals surface area contributed by atoms with Gasteiger partial charge in [-0.05, 0) is 51.2 Å². The molecule has 0 saturated carbocycles. The lowest BCUT2D eigenvalue weighted by molar-refractivity contribution is 0.589. The third-order valence-corrected chi connectivity index (χ3v) is 3.23. The molecule has 0 radical (unpaired) electrons. The lowest BCUT2D eigenvalue weighted by atomic mass is 10.3. The molecule has 0 atom stereocenters. The van der Waals surface area contributed by atoms with Crippen LogP contribution in [0.2, 0.25) is 0 Å². The van der Waals surface area contributed by atoms with Gasteiger partial charge in [0.25, 0.3) is 0 Å². The maximum Gasteiger partial charge on any atom is 0.191 e. The molecule has 0 aliphatic rings. The van der Waals surface area contributed by atoms with Crippen LogP contribution in [0.3, 0.4) is 0 Å². The van der Waals surface area contributed by atoms with Gasteiger partial charge in [0.15, 0.2) is 5.11 Å². The lowest BCUT2D eigenvalue weighted by Crippen LogP contribution is -2.23. The monoisotopic (exact) mass is 300 g/mol. The number of benzene rings is 1. The molecule has 1 aromatic heterocycles. The van der Waals surface area contributed by atoms with Gasteiger partial charge in [-0.15, -0.1) is 0 Å². The molecular weight excluding hydrogens is 280 g/mol. The molecule has 0 aliphatic heterocycles. The zero-order chi connectivity index (χ0) is 15.2. The second kappa shape index (κ2) is 7.04. The molecule has 0 fully saturated rings. The molecule has 1 aromatic carbocycles. The SMILES string of the molecule is Cc1cc(/C=N/NC(=S)Nc2ccccc2)cn1C(C)C. The minimum atomic E-state index is 0.445. The highest BCUT2D eigenvalue weighted by Gasteiger charge is 2.03. The van der Waals surface area contributed by atoms with Crippen molar-refractivity contribution < 1.29 is 0 Å². The number of hydrogen-bond donors (Lipinski definition) is 2. The highest BCUT2D eigenvalue weighted by atomic mass is 32.1. The van der Waals surface area contributed by atoms with E-state index in [1.54, 1.807) is 6.21 Å². The number of para-hydroxylation sites is 1. The number of nitrogens with zero attached hydrogens (tertiary/aromatic N) is 2. The Morgan fingerprint density at radius 1 is 1.29 bits per heavy atom. The summed E-state index contributed by atoms with van der Waals surface area (Å²) in [6, 6.07) is 12.3. The van der Waals surface area contributed by atoms with Crippen LogP contribution >= 0.6 is 12.2 Å². The molecule has 2 N–H and O–H groups in total.